The molecule has 0 unspecified atom stereocenters. The molecule has 0 aliphatic carbocycles. The monoisotopic (exact) mass is 274 g/mol. The summed E-state index contributed by atoms with van der Waals surface area (Å²) < 4.78 is 0. The van der Waals surface area contributed by atoms with Crippen LogP contribution < -0.4 is 4.90 Å². The lowest BCUT2D eigenvalue weighted by atomic mass is 10.0. The molecule has 1 aromatic rings. The Morgan fingerprint density at radius 2 is 2.10 bits per heavy atom. The maximum Gasteiger partial charge on any atom is 0.289 e. The standard InChI is InChI=1S/C14H18N4O2/c1-16-7-5-12(6-8-16)17(2)13-4-3-11(10-15)14(9-13)18(19)20/h3-4,9,12H,5-8H2,1-2H3. The van der Waals surface area contributed by atoms with Gasteiger partial charge in [-0.15, -0.1) is 0 Å². The van der Waals surface area contributed by atoms with E-state index in [1.807, 2.05) is 13.1 Å². The summed E-state index contributed by atoms with van der Waals surface area (Å²) in [6.45, 7) is 2.07. The van der Waals surface area contributed by atoms with E-state index in [0.717, 1.165) is 31.6 Å². The van der Waals surface area contributed by atoms with Crippen LogP contribution in [0.25, 0.3) is 0 Å². The summed E-state index contributed by atoms with van der Waals surface area (Å²) in [6.07, 6.45) is 2.08. The van der Waals surface area contributed by atoms with E-state index < -0.39 is 4.92 Å². The van der Waals surface area contributed by atoms with Crippen molar-refractivity contribution in [1.82, 2.24) is 4.90 Å². The molecule has 2 rings (SSSR count). The SMILES string of the molecule is CN1CCC(N(C)c2ccc(C#N)c([N+](=O)[O-])c2)CC1. The Labute approximate surface area is 118 Å². The molecule has 1 aliphatic heterocycles. The third-order valence-corrected chi connectivity index (χ3v) is 3.94. The van der Waals surface area contributed by atoms with E-state index >= 15 is 0 Å². The van der Waals surface area contributed by atoms with Crippen molar-refractivity contribution < 1.29 is 4.92 Å². The molecule has 1 aliphatic rings. The molecule has 0 amide bonds. The first-order chi connectivity index (χ1) is 9.52. The van der Waals surface area contributed by atoms with Gasteiger partial charge in [0.05, 0.1) is 4.92 Å². The van der Waals surface area contributed by atoms with Crippen LogP contribution >= 0.6 is 0 Å². The third-order valence-electron chi connectivity index (χ3n) is 3.94. The topological polar surface area (TPSA) is 73.4 Å². The fraction of sp³-hybridized carbons (Fsp3) is 0.500. The molecule has 1 fully saturated rings. The van der Waals surface area contributed by atoms with Crippen LogP contribution in [0, 0.1) is 21.4 Å². The Morgan fingerprint density at radius 3 is 2.65 bits per heavy atom. The van der Waals surface area contributed by atoms with Gasteiger partial charge in [-0.3, -0.25) is 10.1 Å². The summed E-state index contributed by atoms with van der Waals surface area (Å²) >= 11 is 0. The van der Waals surface area contributed by atoms with Crippen LogP contribution in [0.1, 0.15) is 18.4 Å². The Balaban J connectivity index is 2.22. The molecule has 6 heteroatoms. The Hall–Kier alpha value is -2.13. The maximum absolute atomic E-state index is 11.0. The first-order valence-electron chi connectivity index (χ1n) is 6.63. The Bertz CT molecular complexity index is 545. The normalized spacial score (nSPS) is 16.6. The zero-order chi connectivity index (χ0) is 14.7. The predicted octanol–water partition coefficient (Wildman–Crippen LogP) is 2.00. The van der Waals surface area contributed by atoms with Crippen LogP contribution in [-0.2, 0) is 0 Å². The summed E-state index contributed by atoms with van der Waals surface area (Å²) in [5, 5.41) is 19.9. The van der Waals surface area contributed by atoms with Gasteiger partial charge < -0.3 is 9.80 Å². The van der Waals surface area contributed by atoms with Crippen LogP contribution in [0.5, 0.6) is 0 Å². The Kier molecular flexibility index (Phi) is 4.20. The molecule has 0 saturated carbocycles. The maximum atomic E-state index is 11.0. The lowest BCUT2D eigenvalue weighted by Gasteiger charge is -2.36. The molecule has 0 bridgehead atoms. The number of anilines is 1. The predicted molar refractivity (Wildman–Crippen MR) is 76.7 cm³/mol. The van der Waals surface area contributed by atoms with Crippen molar-refractivity contribution in [3.8, 4) is 6.07 Å². The zero-order valence-electron chi connectivity index (χ0n) is 11.7. The number of piperidine rings is 1. The smallest absolute Gasteiger partial charge is 0.289 e. The van der Waals surface area contributed by atoms with Crippen LogP contribution in [0.3, 0.4) is 0 Å². The molecule has 20 heavy (non-hydrogen) atoms. The minimum Gasteiger partial charge on any atom is -0.371 e. The molecule has 106 valence electrons. The van der Waals surface area contributed by atoms with Crippen LogP contribution in [0.4, 0.5) is 11.4 Å². The van der Waals surface area contributed by atoms with Gasteiger partial charge in [0.1, 0.15) is 11.6 Å². The number of rotatable bonds is 3. The molecule has 0 atom stereocenters. The summed E-state index contributed by atoms with van der Waals surface area (Å²) in [5.41, 5.74) is 0.783. The second-order valence-electron chi connectivity index (χ2n) is 5.22. The third kappa shape index (κ3) is 2.89. The molecule has 1 aromatic carbocycles. The van der Waals surface area contributed by atoms with Gasteiger partial charge in [-0.1, -0.05) is 0 Å². The average molecular weight is 274 g/mol. The van der Waals surface area contributed by atoms with Gasteiger partial charge in [0, 0.05) is 24.8 Å². The van der Waals surface area contributed by atoms with E-state index in [9.17, 15) is 10.1 Å². The summed E-state index contributed by atoms with van der Waals surface area (Å²) in [7, 11) is 4.06. The van der Waals surface area contributed by atoms with E-state index in [1.54, 1.807) is 6.07 Å². The highest BCUT2D eigenvalue weighted by atomic mass is 16.6. The van der Waals surface area contributed by atoms with Gasteiger partial charge in [-0.05, 0) is 45.1 Å². The number of likely N-dealkylation sites (tertiary alicyclic amines) is 1. The molecular weight excluding hydrogens is 256 g/mol. The zero-order valence-corrected chi connectivity index (χ0v) is 11.7. The second-order valence-corrected chi connectivity index (χ2v) is 5.22. The lowest BCUT2D eigenvalue weighted by Crippen LogP contribution is -2.42. The van der Waals surface area contributed by atoms with E-state index in [0.29, 0.717) is 6.04 Å². The molecule has 0 N–H and O–H groups in total. The van der Waals surface area contributed by atoms with E-state index in [-0.39, 0.29) is 11.3 Å². The molecular formula is C14H18N4O2. The first-order valence-corrected chi connectivity index (χ1v) is 6.63. The number of nitro groups is 1. The molecule has 0 spiro atoms. The number of benzene rings is 1. The van der Waals surface area contributed by atoms with E-state index in [4.69, 9.17) is 5.26 Å². The first kappa shape index (κ1) is 14.3. The minimum absolute atomic E-state index is 0.107. The van der Waals surface area contributed by atoms with E-state index in [1.165, 1.54) is 12.1 Å². The van der Waals surface area contributed by atoms with Gasteiger partial charge in [-0.2, -0.15) is 5.26 Å². The van der Waals surface area contributed by atoms with Crippen LogP contribution in [0.2, 0.25) is 0 Å². The van der Waals surface area contributed by atoms with Crippen molar-refractivity contribution in [3.63, 3.8) is 0 Å². The van der Waals surface area contributed by atoms with Crippen LogP contribution in [0.15, 0.2) is 18.2 Å². The summed E-state index contributed by atoms with van der Waals surface area (Å²) in [5.74, 6) is 0. The molecule has 0 aromatic heterocycles. The van der Waals surface area contributed by atoms with Crippen molar-refractivity contribution in [3.05, 3.63) is 33.9 Å². The van der Waals surface area contributed by atoms with Crippen molar-refractivity contribution in [2.24, 2.45) is 0 Å². The Morgan fingerprint density at radius 1 is 1.45 bits per heavy atom. The number of nitrogens with zero attached hydrogens (tertiary/aromatic N) is 4. The second kappa shape index (κ2) is 5.88. The number of hydrogen-bond donors (Lipinski definition) is 0. The van der Waals surface area contributed by atoms with Gasteiger partial charge in [0.2, 0.25) is 0 Å². The van der Waals surface area contributed by atoms with Crippen LogP contribution in [-0.4, -0.2) is 43.0 Å². The summed E-state index contributed by atoms with van der Waals surface area (Å²) in [4.78, 5) is 14.9. The van der Waals surface area contributed by atoms with Crippen molar-refractivity contribution in [2.75, 3.05) is 32.1 Å². The molecule has 6 nitrogen and oxygen atoms in total. The fourth-order valence-electron chi connectivity index (χ4n) is 2.58. The average Bonchev–Trinajstić information content (AvgIpc) is 2.46. The molecule has 1 heterocycles. The minimum atomic E-state index is -0.495. The highest BCUT2D eigenvalue weighted by Gasteiger charge is 2.23. The highest BCUT2D eigenvalue weighted by Crippen LogP contribution is 2.27. The largest absolute Gasteiger partial charge is 0.371 e. The van der Waals surface area contributed by atoms with E-state index in [2.05, 4.69) is 16.8 Å². The van der Waals surface area contributed by atoms with Crippen molar-refractivity contribution >= 4 is 11.4 Å². The van der Waals surface area contributed by atoms with Crippen molar-refractivity contribution in [2.45, 2.75) is 18.9 Å². The number of nitro benzene ring substituents is 1. The molecule has 1 saturated heterocycles. The fourth-order valence-corrected chi connectivity index (χ4v) is 2.58. The summed E-state index contributed by atoms with van der Waals surface area (Å²) in [6, 6.07) is 7.05. The highest BCUT2D eigenvalue weighted by molar-refractivity contribution is 5.60. The van der Waals surface area contributed by atoms with Gasteiger partial charge in [-0.25, -0.2) is 0 Å². The number of nitriles is 1. The van der Waals surface area contributed by atoms with Gasteiger partial charge in [0.15, 0.2) is 0 Å². The number of hydrogen-bond acceptors (Lipinski definition) is 5. The quantitative estimate of drug-likeness (QED) is 0.622. The molecule has 0 radical (unpaired) electrons. The van der Waals surface area contributed by atoms with Gasteiger partial charge in [0.25, 0.3) is 5.69 Å². The van der Waals surface area contributed by atoms with Crippen molar-refractivity contribution in [1.29, 1.82) is 5.26 Å². The lowest BCUT2D eigenvalue weighted by molar-refractivity contribution is -0.385. The van der Waals surface area contributed by atoms with Gasteiger partial charge >= 0.3 is 0 Å².